The normalized spacial score (nSPS) is 21.4. The molecule has 23 heavy (non-hydrogen) atoms. The molecular formula is C18H27NO4. The Kier molecular flexibility index (Phi) is 5.79. The zero-order valence-corrected chi connectivity index (χ0v) is 14.2. The monoisotopic (exact) mass is 321 g/mol. The van der Waals surface area contributed by atoms with Crippen molar-refractivity contribution in [1.29, 1.82) is 0 Å². The molecule has 0 bridgehead atoms. The Bertz CT molecular complexity index is 538. The SMILES string of the molecule is CCN(C(=O)c1cccc(CCC(C)(C)O)c1)[C@H]1COC[C@@H]1O. The summed E-state index contributed by atoms with van der Waals surface area (Å²) in [5.74, 6) is -0.0906. The molecule has 0 aliphatic carbocycles. The molecule has 1 saturated heterocycles. The summed E-state index contributed by atoms with van der Waals surface area (Å²) in [4.78, 5) is 14.4. The second-order valence-corrected chi connectivity index (χ2v) is 6.78. The zero-order chi connectivity index (χ0) is 17.0. The lowest BCUT2D eigenvalue weighted by molar-refractivity contribution is 0.0520. The minimum absolute atomic E-state index is 0.0906. The third-order valence-electron chi connectivity index (χ3n) is 4.22. The van der Waals surface area contributed by atoms with Crippen molar-refractivity contribution in [2.75, 3.05) is 19.8 Å². The molecule has 1 aliphatic heterocycles. The van der Waals surface area contributed by atoms with Crippen LogP contribution in [-0.4, -0.2) is 58.5 Å². The van der Waals surface area contributed by atoms with Crippen LogP contribution in [0.4, 0.5) is 0 Å². The first kappa shape index (κ1) is 17.9. The molecule has 0 radical (unpaired) electrons. The molecule has 1 aromatic carbocycles. The summed E-state index contributed by atoms with van der Waals surface area (Å²) in [6, 6.07) is 7.21. The van der Waals surface area contributed by atoms with E-state index in [0.717, 1.165) is 5.56 Å². The van der Waals surface area contributed by atoms with Crippen LogP contribution < -0.4 is 0 Å². The summed E-state index contributed by atoms with van der Waals surface area (Å²) in [6.45, 7) is 6.64. The minimum atomic E-state index is -0.721. The number of carbonyl (C=O) groups is 1. The van der Waals surface area contributed by atoms with E-state index in [1.807, 2.05) is 25.1 Å². The summed E-state index contributed by atoms with van der Waals surface area (Å²) in [6.07, 6.45) is 0.723. The van der Waals surface area contributed by atoms with Gasteiger partial charge in [-0.15, -0.1) is 0 Å². The number of aryl methyl sites for hydroxylation is 1. The second-order valence-electron chi connectivity index (χ2n) is 6.78. The van der Waals surface area contributed by atoms with Crippen LogP contribution in [0.2, 0.25) is 0 Å². The van der Waals surface area contributed by atoms with Crippen molar-refractivity contribution in [3.63, 3.8) is 0 Å². The maximum Gasteiger partial charge on any atom is 0.254 e. The molecular weight excluding hydrogens is 294 g/mol. The third-order valence-corrected chi connectivity index (χ3v) is 4.22. The zero-order valence-electron chi connectivity index (χ0n) is 14.2. The first-order chi connectivity index (χ1) is 10.8. The van der Waals surface area contributed by atoms with Crippen molar-refractivity contribution in [1.82, 2.24) is 4.90 Å². The number of hydrogen-bond donors (Lipinski definition) is 2. The van der Waals surface area contributed by atoms with Gasteiger partial charge in [-0.3, -0.25) is 4.79 Å². The Morgan fingerprint density at radius 2 is 2.13 bits per heavy atom. The van der Waals surface area contributed by atoms with Gasteiger partial charge in [0.25, 0.3) is 5.91 Å². The predicted molar refractivity (Wildman–Crippen MR) is 88.4 cm³/mol. The number of aliphatic hydroxyl groups excluding tert-OH is 1. The number of nitrogens with zero attached hydrogens (tertiary/aromatic N) is 1. The lowest BCUT2D eigenvalue weighted by Gasteiger charge is -2.29. The van der Waals surface area contributed by atoms with Crippen LogP contribution in [0, 0.1) is 0 Å². The van der Waals surface area contributed by atoms with E-state index in [1.165, 1.54) is 0 Å². The summed E-state index contributed by atoms with van der Waals surface area (Å²) in [5.41, 5.74) is 0.914. The molecule has 5 heteroatoms. The van der Waals surface area contributed by atoms with E-state index in [-0.39, 0.29) is 18.6 Å². The van der Waals surface area contributed by atoms with E-state index in [4.69, 9.17) is 4.74 Å². The van der Waals surface area contributed by atoms with Gasteiger partial charge in [0.2, 0.25) is 0 Å². The quantitative estimate of drug-likeness (QED) is 0.835. The average Bonchev–Trinajstić information content (AvgIpc) is 2.92. The fourth-order valence-electron chi connectivity index (χ4n) is 2.83. The van der Waals surface area contributed by atoms with Crippen molar-refractivity contribution >= 4 is 5.91 Å². The van der Waals surface area contributed by atoms with E-state index in [9.17, 15) is 15.0 Å². The molecule has 128 valence electrons. The molecule has 2 N–H and O–H groups in total. The maximum atomic E-state index is 12.8. The molecule has 1 amide bonds. The Balaban J connectivity index is 2.11. The lowest BCUT2D eigenvalue weighted by atomic mass is 9.97. The highest BCUT2D eigenvalue weighted by atomic mass is 16.5. The first-order valence-electron chi connectivity index (χ1n) is 8.20. The van der Waals surface area contributed by atoms with Crippen LogP contribution in [0.5, 0.6) is 0 Å². The second kappa shape index (κ2) is 7.43. The Labute approximate surface area is 137 Å². The van der Waals surface area contributed by atoms with E-state index in [2.05, 4.69) is 0 Å². The molecule has 0 saturated carbocycles. The summed E-state index contributed by atoms with van der Waals surface area (Å²) in [5, 5.41) is 19.8. The molecule has 0 unspecified atom stereocenters. The van der Waals surface area contributed by atoms with Crippen molar-refractivity contribution < 1.29 is 19.7 Å². The number of hydrogen-bond acceptors (Lipinski definition) is 4. The van der Waals surface area contributed by atoms with Crippen LogP contribution in [-0.2, 0) is 11.2 Å². The van der Waals surface area contributed by atoms with Gasteiger partial charge in [-0.2, -0.15) is 0 Å². The van der Waals surface area contributed by atoms with Crippen LogP contribution in [0.1, 0.15) is 43.1 Å². The van der Waals surface area contributed by atoms with Crippen molar-refractivity contribution in [2.45, 2.75) is 51.4 Å². The molecule has 2 rings (SSSR count). The number of carbonyl (C=O) groups excluding carboxylic acids is 1. The largest absolute Gasteiger partial charge is 0.390 e. The minimum Gasteiger partial charge on any atom is -0.390 e. The Morgan fingerprint density at radius 1 is 1.39 bits per heavy atom. The van der Waals surface area contributed by atoms with Gasteiger partial charge >= 0.3 is 0 Å². The highest BCUT2D eigenvalue weighted by Gasteiger charge is 2.34. The highest BCUT2D eigenvalue weighted by molar-refractivity contribution is 5.94. The number of likely N-dealkylation sites (N-methyl/N-ethyl adjacent to an activating group) is 1. The van der Waals surface area contributed by atoms with Gasteiger partial charge in [0.15, 0.2) is 0 Å². The van der Waals surface area contributed by atoms with Gasteiger partial charge in [0.1, 0.15) is 0 Å². The van der Waals surface area contributed by atoms with Crippen LogP contribution in [0.15, 0.2) is 24.3 Å². The molecule has 1 fully saturated rings. The number of rotatable bonds is 6. The van der Waals surface area contributed by atoms with E-state index >= 15 is 0 Å². The Hall–Kier alpha value is -1.43. The fourth-order valence-corrected chi connectivity index (χ4v) is 2.83. The number of ether oxygens (including phenoxy) is 1. The van der Waals surface area contributed by atoms with Crippen LogP contribution in [0.25, 0.3) is 0 Å². The number of amides is 1. The van der Waals surface area contributed by atoms with Crippen molar-refractivity contribution in [3.8, 4) is 0 Å². The van der Waals surface area contributed by atoms with Crippen LogP contribution in [0.3, 0.4) is 0 Å². The average molecular weight is 321 g/mol. The van der Waals surface area contributed by atoms with Crippen molar-refractivity contribution in [3.05, 3.63) is 35.4 Å². The number of benzene rings is 1. The summed E-state index contributed by atoms with van der Waals surface area (Å²) < 4.78 is 5.27. The topological polar surface area (TPSA) is 70.0 Å². The first-order valence-corrected chi connectivity index (χ1v) is 8.20. The lowest BCUT2D eigenvalue weighted by Crippen LogP contribution is -2.46. The molecule has 1 aromatic rings. The van der Waals surface area contributed by atoms with Gasteiger partial charge in [-0.1, -0.05) is 12.1 Å². The molecule has 1 heterocycles. The molecule has 0 aromatic heterocycles. The Morgan fingerprint density at radius 3 is 2.70 bits per heavy atom. The van der Waals surface area contributed by atoms with E-state index in [1.54, 1.807) is 24.8 Å². The summed E-state index contributed by atoms with van der Waals surface area (Å²) >= 11 is 0. The van der Waals surface area contributed by atoms with E-state index in [0.29, 0.717) is 31.6 Å². The van der Waals surface area contributed by atoms with Crippen LogP contribution >= 0.6 is 0 Å². The molecule has 2 atom stereocenters. The fraction of sp³-hybridized carbons (Fsp3) is 0.611. The van der Waals surface area contributed by atoms with Gasteiger partial charge in [0.05, 0.1) is 31.0 Å². The van der Waals surface area contributed by atoms with Gasteiger partial charge < -0.3 is 19.8 Å². The van der Waals surface area contributed by atoms with Gasteiger partial charge in [-0.05, 0) is 51.3 Å². The smallest absolute Gasteiger partial charge is 0.254 e. The molecule has 0 spiro atoms. The van der Waals surface area contributed by atoms with Gasteiger partial charge in [0, 0.05) is 12.1 Å². The van der Waals surface area contributed by atoms with E-state index < -0.39 is 11.7 Å². The molecule has 5 nitrogen and oxygen atoms in total. The standard InChI is InChI=1S/C18H27NO4/c1-4-19(15-11-23-12-16(15)20)17(21)14-7-5-6-13(10-14)8-9-18(2,3)22/h5-7,10,15-16,20,22H,4,8-9,11-12H2,1-3H3/t15-,16-/m0/s1. The highest BCUT2D eigenvalue weighted by Crippen LogP contribution is 2.19. The maximum absolute atomic E-state index is 12.8. The molecule has 1 aliphatic rings. The van der Waals surface area contributed by atoms with Gasteiger partial charge in [-0.25, -0.2) is 0 Å². The summed E-state index contributed by atoms with van der Waals surface area (Å²) in [7, 11) is 0. The third kappa shape index (κ3) is 4.77. The van der Waals surface area contributed by atoms with Crippen molar-refractivity contribution in [2.24, 2.45) is 0 Å². The predicted octanol–water partition coefficient (Wildman–Crippen LogP) is 1.61. The number of aliphatic hydroxyl groups is 2.